The second-order valence-corrected chi connectivity index (χ2v) is 11.7. The van der Waals surface area contributed by atoms with Crippen LogP contribution in [0.5, 0.6) is 0 Å². The Labute approximate surface area is 236 Å². The van der Waals surface area contributed by atoms with E-state index in [1.807, 2.05) is 44.2 Å². The third-order valence-electron chi connectivity index (χ3n) is 6.48. The van der Waals surface area contributed by atoms with E-state index < -0.39 is 28.5 Å². The number of nitrogens with zero attached hydrogens (tertiary/aromatic N) is 2. The topological polar surface area (TPSA) is 86.8 Å². The molecule has 1 atom stereocenters. The molecule has 0 aromatic heterocycles. The van der Waals surface area contributed by atoms with Gasteiger partial charge in [0.15, 0.2) is 0 Å². The lowest BCUT2D eigenvalue weighted by atomic mass is 10.1. The molecule has 0 fully saturated rings. The summed E-state index contributed by atoms with van der Waals surface area (Å²) in [5.41, 5.74) is 2.32. The van der Waals surface area contributed by atoms with Gasteiger partial charge in [0.1, 0.15) is 12.6 Å². The number of hydrogen-bond acceptors (Lipinski definition) is 4. The standard InChI is InChI=1S/C30H36ClN3O4S/c1-4-5-20-32-30(36)24(3)33(21-19-25-9-7-6-8-10-25)29(35)22-34(27-15-11-23(2)12-16-27)39(37,38)28-17-13-26(31)14-18-28/h6-18,24H,4-5,19-22H2,1-3H3,(H,32,36)/t24-/m1/s1. The molecule has 208 valence electrons. The van der Waals surface area contributed by atoms with Crippen molar-refractivity contribution in [2.75, 3.05) is 23.9 Å². The SMILES string of the molecule is CCCCNC(=O)[C@@H](C)N(CCc1ccccc1)C(=O)CN(c1ccc(C)cc1)S(=O)(=O)c1ccc(Cl)cc1. The van der Waals surface area contributed by atoms with Crippen LogP contribution in [0.4, 0.5) is 5.69 Å². The van der Waals surface area contributed by atoms with Gasteiger partial charge in [0.05, 0.1) is 10.6 Å². The van der Waals surface area contributed by atoms with Gasteiger partial charge in [-0.25, -0.2) is 8.42 Å². The molecule has 2 amide bonds. The first-order valence-corrected chi connectivity index (χ1v) is 14.9. The molecule has 0 heterocycles. The van der Waals surface area contributed by atoms with Crippen molar-refractivity contribution in [1.29, 1.82) is 0 Å². The van der Waals surface area contributed by atoms with Crippen molar-refractivity contribution in [1.82, 2.24) is 10.2 Å². The second-order valence-electron chi connectivity index (χ2n) is 9.44. The van der Waals surface area contributed by atoms with E-state index in [9.17, 15) is 18.0 Å². The van der Waals surface area contributed by atoms with E-state index in [-0.39, 0.29) is 17.3 Å². The summed E-state index contributed by atoms with van der Waals surface area (Å²) in [5.74, 6) is -0.741. The summed E-state index contributed by atoms with van der Waals surface area (Å²) in [6.07, 6.45) is 2.28. The van der Waals surface area contributed by atoms with E-state index in [4.69, 9.17) is 11.6 Å². The van der Waals surface area contributed by atoms with Gasteiger partial charge in [-0.05, 0) is 68.7 Å². The molecule has 3 aromatic rings. The number of sulfonamides is 1. The van der Waals surface area contributed by atoms with Crippen LogP contribution in [0.25, 0.3) is 0 Å². The highest BCUT2D eigenvalue weighted by molar-refractivity contribution is 7.92. The minimum atomic E-state index is -4.12. The number of carbonyl (C=O) groups is 2. The first kappa shape index (κ1) is 30.2. The maximum atomic E-state index is 13.8. The normalized spacial score (nSPS) is 12.0. The van der Waals surface area contributed by atoms with Gasteiger partial charge in [0.2, 0.25) is 11.8 Å². The maximum absolute atomic E-state index is 13.8. The minimum Gasteiger partial charge on any atom is -0.354 e. The number of nitrogens with one attached hydrogen (secondary N) is 1. The van der Waals surface area contributed by atoms with Crippen LogP contribution >= 0.6 is 11.6 Å². The summed E-state index contributed by atoms with van der Waals surface area (Å²) in [6.45, 7) is 5.92. The highest BCUT2D eigenvalue weighted by atomic mass is 35.5. The van der Waals surface area contributed by atoms with E-state index in [2.05, 4.69) is 5.32 Å². The number of rotatable bonds is 13. The number of aryl methyl sites for hydroxylation is 1. The van der Waals surface area contributed by atoms with Gasteiger partial charge in [0.25, 0.3) is 10.0 Å². The predicted octanol–water partition coefficient (Wildman–Crippen LogP) is 5.22. The van der Waals surface area contributed by atoms with Crippen LogP contribution in [0.15, 0.2) is 83.8 Å². The lowest BCUT2D eigenvalue weighted by Gasteiger charge is -2.32. The average molecular weight is 570 g/mol. The van der Waals surface area contributed by atoms with Crippen molar-refractivity contribution >= 4 is 39.1 Å². The lowest BCUT2D eigenvalue weighted by Crippen LogP contribution is -2.52. The van der Waals surface area contributed by atoms with E-state index in [0.29, 0.717) is 23.7 Å². The Kier molecular flexibility index (Phi) is 10.9. The molecule has 0 aliphatic carbocycles. The molecule has 0 spiro atoms. The van der Waals surface area contributed by atoms with Gasteiger partial charge in [-0.2, -0.15) is 0 Å². The van der Waals surface area contributed by atoms with Crippen LogP contribution < -0.4 is 9.62 Å². The Bertz CT molecular complexity index is 1330. The fraction of sp³-hybridized carbons (Fsp3) is 0.333. The fourth-order valence-corrected chi connectivity index (χ4v) is 5.62. The maximum Gasteiger partial charge on any atom is 0.264 e. The fourth-order valence-electron chi connectivity index (χ4n) is 4.08. The summed E-state index contributed by atoms with van der Waals surface area (Å²) in [7, 11) is -4.12. The smallest absolute Gasteiger partial charge is 0.264 e. The van der Waals surface area contributed by atoms with Crippen LogP contribution in [0.3, 0.4) is 0 Å². The Hall–Kier alpha value is -3.36. The highest BCUT2D eigenvalue weighted by Crippen LogP contribution is 2.25. The van der Waals surface area contributed by atoms with Gasteiger partial charge >= 0.3 is 0 Å². The Morgan fingerprint density at radius 3 is 2.21 bits per heavy atom. The van der Waals surface area contributed by atoms with E-state index in [1.165, 1.54) is 29.2 Å². The molecule has 0 saturated heterocycles. The molecular formula is C30H36ClN3O4S. The summed E-state index contributed by atoms with van der Waals surface area (Å²) >= 11 is 5.99. The molecule has 0 unspecified atom stereocenters. The van der Waals surface area contributed by atoms with Crippen molar-refractivity contribution in [3.05, 3.63) is 95.0 Å². The summed E-state index contributed by atoms with van der Waals surface area (Å²) < 4.78 is 28.6. The third-order valence-corrected chi connectivity index (χ3v) is 8.52. The number of unbranched alkanes of at least 4 members (excludes halogenated alkanes) is 1. The van der Waals surface area contributed by atoms with Crippen molar-refractivity contribution in [2.24, 2.45) is 0 Å². The van der Waals surface area contributed by atoms with Gasteiger partial charge < -0.3 is 10.2 Å². The van der Waals surface area contributed by atoms with Crippen LogP contribution in [-0.2, 0) is 26.0 Å². The van der Waals surface area contributed by atoms with Crippen LogP contribution in [0.2, 0.25) is 5.02 Å². The molecule has 0 aliphatic heterocycles. The number of hydrogen-bond donors (Lipinski definition) is 1. The third kappa shape index (κ3) is 8.31. The molecule has 0 saturated carbocycles. The molecule has 9 heteroatoms. The summed E-state index contributed by atoms with van der Waals surface area (Å²) in [4.78, 5) is 28.3. The zero-order chi connectivity index (χ0) is 28.4. The zero-order valence-electron chi connectivity index (χ0n) is 22.6. The molecule has 0 radical (unpaired) electrons. The van der Waals surface area contributed by atoms with E-state index in [1.54, 1.807) is 31.2 Å². The number of amides is 2. The van der Waals surface area contributed by atoms with Crippen LogP contribution in [-0.4, -0.2) is 50.8 Å². The number of halogens is 1. The zero-order valence-corrected chi connectivity index (χ0v) is 24.2. The van der Waals surface area contributed by atoms with Crippen LogP contribution in [0, 0.1) is 6.92 Å². The summed E-state index contributed by atoms with van der Waals surface area (Å²) in [5, 5.41) is 3.30. The van der Waals surface area contributed by atoms with Crippen molar-refractivity contribution in [3.8, 4) is 0 Å². The molecule has 1 N–H and O–H groups in total. The van der Waals surface area contributed by atoms with Gasteiger partial charge in [-0.1, -0.05) is 73.0 Å². The van der Waals surface area contributed by atoms with Gasteiger partial charge in [0, 0.05) is 18.1 Å². The van der Waals surface area contributed by atoms with E-state index >= 15 is 0 Å². The molecule has 7 nitrogen and oxygen atoms in total. The largest absolute Gasteiger partial charge is 0.354 e. The predicted molar refractivity (Wildman–Crippen MR) is 156 cm³/mol. The Balaban J connectivity index is 1.94. The first-order valence-electron chi connectivity index (χ1n) is 13.1. The number of carbonyl (C=O) groups excluding carboxylic acids is 2. The molecular weight excluding hydrogens is 534 g/mol. The van der Waals surface area contributed by atoms with Crippen LogP contribution in [0.1, 0.15) is 37.8 Å². The van der Waals surface area contributed by atoms with Gasteiger partial charge in [-0.15, -0.1) is 0 Å². The Morgan fingerprint density at radius 1 is 0.949 bits per heavy atom. The molecule has 3 rings (SSSR count). The summed E-state index contributed by atoms with van der Waals surface area (Å²) in [6, 6.07) is 21.6. The first-order chi connectivity index (χ1) is 18.6. The average Bonchev–Trinajstić information content (AvgIpc) is 2.93. The van der Waals surface area contributed by atoms with Crippen molar-refractivity contribution in [3.63, 3.8) is 0 Å². The minimum absolute atomic E-state index is 0.0152. The number of anilines is 1. The number of benzene rings is 3. The molecule has 39 heavy (non-hydrogen) atoms. The molecule has 0 aliphatic rings. The molecule has 0 bridgehead atoms. The quantitative estimate of drug-likeness (QED) is 0.286. The monoisotopic (exact) mass is 569 g/mol. The lowest BCUT2D eigenvalue weighted by molar-refractivity contribution is -0.138. The van der Waals surface area contributed by atoms with Gasteiger partial charge in [-0.3, -0.25) is 13.9 Å². The molecule has 3 aromatic carbocycles. The Morgan fingerprint density at radius 2 is 1.59 bits per heavy atom. The van der Waals surface area contributed by atoms with Crippen molar-refractivity contribution < 1.29 is 18.0 Å². The second kappa shape index (κ2) is 14.1. The van der Waals surface area contributed by atoms with Crippen molar-refractivity contribution in [2.45, 2.75) is 51.0 Å². The van der Waals surface area contributed by atoms with E-state index in [0.717, 1.165) is 28.3 Å². The highest BCUT2D eigenvalue weighted by Gasteiger charge is 2.32.